The molecule has 0 amide bonds. The summed E-state index contributed by atoms with van der Waals surface area (Å²) >= 11 is 1.13. The van der Waals surface area contributed by atoms with Gasteiger partial charge in [0.15, 0.2) is 11.0 Å². The fourth-order valence-electron chi connectivity index (χ4n) is 1.64. The number of carbonyl (C=O) groups is 1. The number of aliphatic carboxylic acids is 1. The minimum atomic E-state index is -0.892. The van der Waals surface area contributed by atoms with Crippen molar-refractivity contribution in [2.24, 2.45) is 5.92 Å². The molecule has 0 bridgehead atoms. The van der Waals surface area contributed by atoms with Gasteiger partial charge in [-0.05, 0) is 12.8 Å². The van der Waals surface area contributed by atoms with E-state index in [1.165, 1.54) is 0 Å². The molecule has 1 aromatic heterocycles. The zero-order chi connectivity index (χ0) is 13.7. The van der Waals surface area contributed by atoms with Gasteiger partial charge in [-0.25, -0.2) is 0 Å². The fraction of sp³-hybridized carbons (Fsp3) is 0.727. The Morgan fingerprint density at radius 1 is 1.44 bits per heavy atom. The van der Waals surface area contributed by atoms with Crippen LogP contribution in [0.5, 0.6) is 0 Å². The van der Waals surface area contributed by atoms with Crippen molar-refractivity contribution in [1.82, 2.24) is 14.8 Å². The van der Waals surface area contributed by atoms with Crippen LogP contribution in [0, 0.1) is 5.92 Å². The van der Waals surface area contributed by atoms with E-state index >= 15 is 0 Å². The lowest BCUT2D eigenvalue weighted by Gasteiger charge is -2.22. The maximum atomic E-state index is 10.6. The molecular weight excluding hydrogens is 254 g/mol. The topological polar surface area (TPSA) is 88.2 Å². The number of rotatable bonds is 7. The van der Waals surface area contributed by atoms with Crippen molar-refractivity contribution in [3.05, 3.63) is 5.82 Å². The summed E-state index contributed by atoms with van der Waals surface area (Å²) < 4.78 is 1.84. The maximum absolute atomic E-state index is 10.6. The van der Waals surface area contributed by atoms with Crippen LogP contribution in [-0.4, -0.2) is 36.7 Å². The van der Waals surface area contributed by atoms with E-state index in [1.54, 1.807) is 0 Å². The smallest absolute Gasteiger partial charge is 0.313 e. The monoisotopic (exact) mass is 273 g/mol. The van der Waals surface area contributed by atoms with E-state index in [4.69, 9.17) is 5.11 Å². The number of aliphatic hydroxyl groups excluding tert-OH is 1. The van der Waals surface area contributed by atoms with E-state index in [0.29, 0.717) is 16.9 Å². The van der Waals surface area contributed by atoms with Gasteiger partial charge in [-0.2, -0.15) is 0 Å². The molecule has 2 atom stereocenters. The molecule has 0 aliphatic rings. The quantitative estimate of drug-likeness (QED) is 0.733. The van der Waals surface area contributed by atoms with Crippen LogP contribution in [0.1, 0.15) is 39.1 Å². The first-order chi connectivity index (χ1) is 8.51. The zero-order valence-electron chi connectivity index (χ0n) is 10.8. The summed E-state index contributed by atoms with van der Waals surface area (Å²) in [6.07, 6.45) is 0.993. The number of carboxylic acids is 1. The first kappa shape index (κ1) is 15.0. The van der Waals surface area contributed by atoms with Crippen LogP contribution < -0.4 is 0 Å². The Morgan fingerprint density at radius 2 is 2.11 bits per heavy atom. The molecule has 1 aromatic rings. The van der Waals surface area contributed by atoms with E-state index in [1.807, 2.05) is 11.5 Å². The first-order valence-electron chi connectivity index (χ1n) is 5.90. The summed E-state index contributed by atoms with van der Waals surface area (Å²) in [4.78, 5) is 10.6. The lowest BCUT2D eigenvalue weighted by molar-refractivity contribution is -0.133. The summed E-state index contributed by atoms with van der Waals surface area (Å²) in [7, 11) is 0. The Hall–Kier alpha value is -1.08. The fourth-order valence-corrected chi connectivity index (χ4v) is 2.41. The van der Waals surface area contributed by atoms with Crippen LogP contribution in [-0.2, 0) is 11.4 Å². The number of nitrogens with zero attached hydrogens (tertiary/aromatic N) is 3. The summed E-state index contributed by atoms with van der Waals surface area (Å²) in [6, 6.07) is 0.128. The molecule has 0 aliphatic heterocycles. The summed E-state index contributed by atoms with van der Waals surface area (Å²) in [5, 5.41) is 26.4. The molecule has 2 N–H and O–H groups in total. The van der Waals surface area contributed by atoms with E-state index in [2.05, 4.69) is 24.0 Å². The molecule has 1 heterocycles. The number of carboxylic acid groups (broad SMARTS) is 1. The van der Waals surface area contributed by atoms with Crippen molar-refractivity contribution in [2.75, 3.05) is 5.75 Å². The van der Waals surface area contributed by atoms with Gasteiger partial charge in [0.1, 0.15) is 6.61 Å². The van der Waals surface area contributed by atoms with Gasteiger partial charge >= 0.3 is 5.97 Å². The number of hydrogen-bond donors (Lipinski definition) is 2. The van der Waals surface area contributed by atoms with Crippen molar-refractivity contribution in [2.45, 2.75) is 45.0 Å². The third kappa shape index (κ3) is 3.46. The summed E-state index contributed by atoms with van der Waals surface area (Å²) in [5.74, 6) is -0.0704. The minimum Gasteiger partial charge on any atom is -0.481 e. The van der Waals surface area contributed by atoms with Gasteiger partial charge in [-0.1, -0.05) is 32.0 Å². The van der Waals surface area contributed by atoms with Gasteiger partial charge in [0.05, 0.1) is 5.75 Å². The minimum absolute atomic E-state index is 0.0587. The number of hydrogen-bond acceptors (Lipinski definition) is 5. The van der Waals surface area contributed by atoms with Crippen LogP contribution >= 0.6 is 11.8 Å². The molecule has 0 aromatic carbocycles. The lowest BCUT2D eigenvalue weighted by atomic mass is 10.0. The van der Waals surface area contributed by atoms with E-state index in [-0.39, 0.29) is 18.4 Å². The molecule has 102 valence electrons. The van der Waals surface area contributed by atoms with Gasteiger partial charge in [0.25, 0.3) is 0 Å². The molecule has 0 radical (unpaired) electrons. The second-order valence-electron chi connectivity index (χ2n) is 4.24. The molecule has 6 nitrogen and oxygen atoms in total. The SMILES string of the molecule is CCC(C)C(C)n1c(CO)nnc1SCC(=O)O. The highest BCUT2D eigenvalue weighted by atomic mass is 32.2. The molecule has 1 rings (SSSR count). The largest absolute Gasteiger partial charge is 0.481 e. The van der Waals surface area contributed by atoms with Crippen LogP contribution in [0.15, 0.2) is 5.16 Å². The Bertz CT molecular complexity index is 408. The molecule has 18 heavy (non-hydrogen) atoms. The van der Waals surface area contributed by atoms with Gasteiger partial charge in [0.2, 0.25) is 0 Å². The molecule has 0 spiro atoms. The van der Waals surface area contributed by atoms with Crippen LogP contribution in [0.2, 0.25) is 0 Å². The number of thioether (sulfide) groups is 1. The predicted octanol–water partition coefficient (Wildman–Crippen LogP) is 1.55. The zero-order valence-corrected chi connectivity index (χ0v) is 11.6. The standard InChI is InChI=1S/C11H19N3O3S/c1-4-7(2)8(3)14-9(5-15)12-13-11(14)18-6-10(16)17/h7-8,15H,4-6H2,1-3H3,(H,16,17). The van der Waals surface area contributed by atoms with Crippen molar-refractivity contribution >= 4 is 17.7 Å². The molecule has 0 aliphatic carbocycles. The molecular formula is C11H19N3O3S. The highest BCUT2D eigenvalue weighted by Crippen LogP contribution is 2.27. The van der Waals surface area contributed by atoms with E-state index < -0.39 is 5.97 Å². The molecule has 0 fully saturated rings. The van der Waals surface area contributed by atoms with Crippen LogP contribution in [0.3, 0.4) is 0 Å². The Kier molecular flexibility index (Phi) is 5.61. The third-order valence-corrected chi connectivity index (χ3v) is 4.00. The molecule has 2 unspecified atom stereocenters. The average Bonchev–Trinajstić information content (AvgIpc) is 2.77. The molecule has 0 saturated heterocycles. The van der Waals surface area contributed by atoms with Crippen molar-refractivity contribution in [3.8, 4) is 0 Å². The summed E-state index contributed by atoms with van der Waals surface area (Å²) in [6.45, 7) is 6.04. The summed E-state index contributed by atoms with van der Waals surface area (Å²) in [5.41, 5.74) is 0. The van der Waals surface area contributed by atoms with Crippen LogP contribution in [0.25, 0.3) is 0 Å². The van der Waals surface area contributed by atoms with Gasteiger partial charge in [-0.3, -0.25) is 4.79 Å². The highest BCUT2D eigenvalue weighted by Gasteiger charge is 2.21. The number of aliphatic hydroxyl groups is 1. The third-order valence-electron chi connectivity index (χ3n) is 3.08. The van der Waals surface area contributed by atoms with Gasteiger partial charge in [0, 0.05) is 6.04 Å². The Labute approximate surface area is 110 Å². The Balaban J connectivity index is 2.97. The van der Waals surface area contributed by atoms with Crippen LogP contribution in [0.4, 0.5) is 0 Å². The van der Waals surface area contributed by atoms with E-state index in [0.717, 1.165) is 18.2 Å². The molecule has 7 heteroatoms. The maximum Gasteiger partial charge on any atom is 0.313 e. The Morgan fingerprint density at radius 3 is 2.61 bits per heavy atom. The molecule has 0 saturated carbocycles. The van der Waals surface area contributed by atoms with Crippen molar-refractivity contribution in [3.63, 3.8) is 0 Å². The lowest BCUT2D eigenvalue weighted by Crippen LogP contribution is -2.17. The first-order valence-corrected chi connectivity index (χ1v) is 6.89. The second kappa shape index (κ2) is 6.75. The second-order valence-corrected chi connectivity index (χ2v) is 5.18. The predicted molar refractivity (Wildman–Crippen MR) is 68.5 cm³/mol. The average molecular weight is 273 g/mol. The van der Waals surface area contributed by atoms with Gasteiger partial charge < -0.3 is 14.8 Å². The normalized spacial score (nSPS) is 14.4. The van der Waals surface area contributed by atoms with Crippen molar-refractivity contribution in [1.29, 1.82) is 0 Å². The van der Waals surface area contributed by atoms with Crippen molar-refractivity contribution < 1.29 is 15.0 Å². The number of aromatic nitrogens is 3. The van der Waals surface area contributed by atoms with Gasteiger partial charge in [-0.15, -0.1) is 10.2 Å². The highest BCUT2D eigenvalue weighted by molar-refractivity contribution is 7.99. The van der Waals surface area contributed by atoms with E-state index in [9.17, 15) is 9.90 Å².